The Hall–Kier alpha value is -1.84. The van der Waals surface area contributed by atoms with Crippen LogP contribution >= 0.6 is 0 Å². The molecule has 92 valence electrons. The van der Waals surface area contributed by atoms with E-state index in [1.165, 1.54) is 6.92 Å². The van der Waals surface area contributed by atoms with Gasteiger partial charge in [0.25, 0.3) is 0 Å². The van der Waals surface area contributed by atoms with Crippen LogP contribution in [0.3, 0.4) is 0 Å². The number of Topliss-reactive ketones (excluding diaryl/α,β-unsaturated/α-hetero) is 1. The molecule has 0 atom stereocenters. The second-order valence-electron chi connectivity index (χ2n) is 3.62. The van der Waals surface area contributed by atoms with Gasteiger partial charge in [-0.05, 0) is 26.0 Å². The van der Waals surface area contributed by atoms with E-state index in [0.29, 0.717) is 25.1 Å². The number of nitrogens with one attached hydrogen (secondary N) is 1. The molecule has 0 fully saturated rings. The van der Waals surface area contributed by atoms with E-state index in [9.17, 15) is 9.59 Å². The van der Waals surface area contributed by atoms with Crippen LogP contribution in [0.15, 0.2) is 24.3 Å². The van der Waals surface area contributed by atoms with Crippen LogP contribution in [-0.2, 0) is 9.53 Å². The maximum absolute atomic E-state index is 11.2. The highest BCUT2D eigenvalue weighted by molar-refractivity contribution is 5.94. The highest BCUT2D eigenvalue weighted by Crippen LogP contribution is 2.11. The summed E-state index contributed by atoms with van der Waals surface area (Å²) >= 11 is 0. The van der Waals surface area contributed by atoms with Crippen molar-refractivity contribution in [1.82, 2.24) is 0 Å². The average Bonchev–Trinajstić information content (AvgIpc) is 2.30. The van der Waals surface area contributed by atoms with E-state index in [1.54, 1.807) is 19.1 Å². The molecule has 0 aromatic heterocycles. The minimum atomic E-state index is -0.220. The largest absolute Gasteiger partial charge is 0.466 e. The molecule has 0 aliphatic rings. The van der Waals surface area contributed by atoms with Crippen molar-refractivity contribution in [2.45, 2.75) is 20.3 Å². The topological polar surface area (TPSA) is 55.4 Å². The van der Waals surface area contributed by atoms with E-state index < -0.39 is 0 Å². The number of carbonyl (C=O) groups excluding carboxylic acids is 2. The van der Waals surface area contributed by atoms with Crippen molar-refractivity contribution in [3.8, 4) is 0 Å². The molecule has 4 heteroatoms. The van der Waals surface area contributed by atoms with Crippen LogP contribution in [-0.4, -0.2) is 24.9 Å². The molecule has 4 nitrogen and oxygen atoms in total. The van der Waals surface area contributed by atoms with Gasteiger partial charge in [0.05, 0.1) is 13.0 Å². The maximum atomic E-state index is 11.2. The Morgan fingerprint density at radius 3 is 2.76 bits per heavy atom. The molecule has 0 spiro atoms. The average molecular weight is 235 g/mol. The molecule has 0 amide bonds. The molecule has 1 aromatic rings. The van der Waals surface area contributed by atoms with Crippen LogP contribution in [0.5, 0.6) is 0 Å². The van der Waals surface area contributed by atoms with Crippen molar-refractivity contribution in [3.63, 3.8) is 0 Å². The Morgan fingerprint density at radius 1 is 1.35 bits per heavy atom. The van der Waals surface area contributed by atoms with Crippen molar-refractivity contribution in [1.29, 1.82) is 0 Å². The lowest BCUT2D eigenvalue weighted by atomic mass is 10.1. The number of carbonyl (C=O) groups is 2. The minimum Gasteiger partial charge on any atom is -0.466 e. The van der Waals surface area contributed by atoms with Crippen molar-refractivity contribution in [3.05, 3.63) is 29.8 Å². The molecular weight excluding hydrogens is 218 g/mol. The molecular formula is C13H17NO3. The number of anilines is 1. The summed E-state index contributed by atoms with van der Waals surface area (Å²) < 4.78 is 4.81. The van der Waals surface area contributed by atoms with Gasteiger partial charge in [-0.1, -0.05) is 12.1 Å². The van der Waals surface area contributed by atoms with Crippen LogP contribution in [0.25, 0.3) is 0 Å². The van der Waals surface area contributed by atoms with E-state index in [-0.39, 0.29) is 11.8 Å². The molecule has 0 aliphatic carbocycles. The Labute approximate surface area is 101 Å². The summed E-state index contributed by atoms with van der Waals surface area (Å²) in [5.74, 6) is -0.193. The van der Waals surface area contributed by atoms with Gasteiger partial charge in [-0.25, -0.2) is 0 Å². The molecule has 0 bridgehead atoms. The Morgan fingerprint density at radius 2 is 2.12 bits per heavy atom. The standard InChI is InChI=1S/C13H17NO3/c1-3-17-13(16)7-8-14-12-6-4-5-11(9-12)10(2)15/h4-6,9,14H,3,7-8H2,1-2H3. The van der Waals surface area contributed by atoms with Gasteiger partial charge in [0.1, 0.15) is 0 Å². The summed E-state index contributed by atoms with van der Waals surface area (Å²) in [6.45, 7) is 4.21. The van der Waals surface area contributed by atoms with Crippen molar-refractivity contribution in [2.24, 2.45) is 0 Å². The molecule has 17 heavy (non-hydrogen) atoms. The summed E-state index contributed by atoms with van der Waals surface area (Å²) in [4.78, 5) is 22.3. The number of esters is 1. The van der Waals surface area contributed by atoms with Gasteiger partial charge in [0.15, 0.2) is 5.78 Å². The maximum Gasteiger partial charge on any atom is 0.307 e. The first-order valence-electron chi connectivity index (χ1n) is 5.64. The van der Waals surface area contributed by atoms with Crippen molar-refractivity contribution >= 4 is 17.4 Å². The predicted octanol–water partition coefficient (Wildman–Crippen LogP) is 2.25. The molecule has 0 saturated carbocycles. The number of hydrogen-bond acceptors (Lipinski definition) is 4. The molecule has 0 radical (unpaired) electrons. The second kappa shape index (κ2) is 6.68. The van der Waals surface area contributed by atoms with E-state index in [1.807, 2.05) is 12.1 Å². The summed E-state index contributed by atoms with van der Waals surface area (Å²) in [5, 5.41) is 3.08. The van der Waals surface area contributed by atoms with Gasteiger partial charge in [0.2, 0.25) is 0 Å². The number of hydrogen-bond donors (Lipinski definition) is 1. The highest BCUT2D eigenvalue weighted by atomic mass is 16.5. The van der Waals surface area contributed by atoms with Gasteiger partial charge >= 0.3 is 5.97 Å². The first-order valence-corrected chi connectivity index (χ1v) is 5.64. The van der Waals surface area contributed by atoms with Crippen LogP contribution in [0.1, 0.15) is 30.6 Å². The Bertz CT molecular complexity index is 401. The van der Waals surface area contributed by atoms with E-state index in [2.05, 4.69) is 5.32 Å². The monoisotopic (exact) mass is 235 g/mol. The van der Waals surface area contributed by atoms with E-state index in [0.717, 1.165) is 5.69 Å². The quantitative estimate of drug-likeness (QED) is 0.607. The summed E-state index contributed by atoms with van der Waals surface area (Å²) in [7, 11) is 0. The van der Waals surface area contributed by atoms with Crippen molar-refractivity contribution in [2.75, 3.05) is 18.5 Å². The van der Waals surface area contributed by atoms with E-state index >= 15 is 0 Å². The molecule has 0 aliphatic heterocycles. The third kappa shape index (κ3) is 4.68. The fraction of sp³-hybridized carbons (Fsp3) is 0.385. The fourth-order valence-corrected chi connectivity index (χ4v) is 1.39. The summed E-state index contributed by atoms with van der Waals surface area (Å²) in [5.41, 5.74) is 1.49. The smallest absolute Gasteiger partial charge is 0.307 e. The van der Waals surface area contributed by atoms with E-state index in [4.69, 9.17) is 4.74 Å². The zero-order chi connectivity index (χ0) is 12.7. The molecule has 1 N–H and O–H groups in total. The van der Waals surface area contributed by atoms with Crippen LogP contribution in [0, 0.1) is 0 Å². The van der Waals surface area contributed by atoms with Crippen LogP contribution in [0.2, 0.25) is 0 Å². The van der Waals surface area contributed by atoms with Crippen molar-refractivity contribution < 1.29 is 14.3 Å². The number of ether oxygens (including phenoxy) is 1. The number of rotatable bonds is 6. The first kappa shape index (κ1) is 13.2. The number of ketones is 1. The lowest BCUT2D eigenvalue weighted by Crippen LogP contribution is -2.11. The van der Waals surface area contributed by atoms with Gasteiger partial charge in [-0.2, -0.15) is 0 Å². The normalized spacial score (nSPS) is 9.76. The Balaban J connectivity index is 2.44. The van der Waals surface area contributed by atoms with Crippen LogP contribution < -0.4 is 5.32 Å². The molecule has 0 heterocycles. The molecule has 1 rings (SSSR count). The fourth-order valence-electron chi connectivity index (χ4n) is 1.39. The first-order chi connectivity index (χ1) is 8.13. The SMILES string of the molecule is CCOC(=O)CCNc1cccc(C(C)=O)c1. The third-order valence-electron chi connectivity index (χ3n) is 2.23. The summed E-state index contributed by atoms with van der Waals surface area (Å²) in [6.07, 6.45) is 0.318. The zero-order valence-electron chi connectivity index (χ0n) is 10.2. The van der Waals surface area contributed by atoms with Gasteiger partial charge in [-0.3, -0.25) is 9.59 Å². The summed E-state index contributed by atoms with van der Waals surface area (Å²) in [6, 6.07) is 7.20. The molecule has 0 saturated heterocycles. The second-order valence-corrected chi connectivity index (χ2v) is 3.62. The highest BCUT2D eigenvalue weighted by Gasteiger charge is 2.02. The lowest BCUT2D eigenvalue weighted by Gasteiger charge is -2.07. The van der Waals surface area contributed by atoms with Gasteiger partial charge in [-0.15, -0.1) is 0 Å². The minimum absolute atomic E-state index is 0.0269. The van der Waals surface area contributed by atoms with Crippen LogP contribution in [0.4, 0.5) is 5.69 Å². The third-order valence-corrected chi connectivity index (χ3v) is 2.23. The molecule has 1 aromatic carbocycles. The Kier molecular flexibility index (Phi) is 5.20. The predicted molar refractivity (Wildman–Crippen MR) is 66.2 cm³/mol. The number of benzene rings is 1. The van der Waals surface area contributed by atoms with Gasteiger partial charge in [0, 0.05) is 17.8 Å². The van der Waals surface area contributed by atoms with Gasteiger partial charge < -0.3 is 10.1 Å². The zero-order valence-corrected chi connectivity index (χ0v) is 10.2. The lowest BCUT2D eigenvalue weighted by molar-refractivity contribution is -0.142. The molecule has 0 unspecified atom stereocenters.